The molecule has 0 bridgehead atoms. The van der Waals surface area contributed by atoms with Crippen LogP contribution in [0, 0.1) is 10.1 Å². The van der Waals surface area contributed by atoms with Crippen molar-refractivity contribution >= 4 is 42.9 Å². The van der Waals surface area contributed by atoms with Crippen LogP contribution in [0.5, 0.6) is 0 Å². The molecule has 1 rings (SSSR count). The van der Waals surface area contributed by atoms with Crippen LogP contribution in [0.3, 0.4) is 0 Å². The van der Waals surface area contributed by atoms with Crippen LogP contribution >= 0.6 is 22.3 Å². The van der Waals surface area contributed by atoms with Gasteiger partial charge in [-0.15, -0.1) is 0 Å². The van der Waals surface area contributed by atoms with Crippen molar-refractivity contribution in [1.82, 2.24) is 0 Å². The first-order valence-electron chi connectivity index (χ1n) is 3.46. The van der Waals surface area contributed by atoms with Crippen LogP contribution in [0.2, 0.25) is 5.02 Å². The molecule has 9 heteroatoms. The molecule has 0 saturated heterocycles. The fraction of sp³-hybridized carbons (Fsp3) is 0. The highest BCUT2D eigenvalue weighted by Gasteiger charge is 2.17. The van der Waals surface area contributed by atoms with Gasteiger partial charge in [0, 0.05) is 21.8 Å². The maximum absolute atomic E-state index is 10.7. The molecule has 0 heterocycles. The van der Waals surface area contributed by atoms with Gasteiger partial charge < -0.3 is 0 Å². The van der Waals surface area contributed by atoms with Crippen LogP contribution in [-0.2, 0) is 9.24 Å². The third-order valence-corrected chi connectivity index (χ3v) is 2.32. The number of nitrogens with zero attached hydrogens (tertiary/aromatic N) is 1. The lowest BCUT2D eigenvalue weighted by Gasteiger charge is -2.03. The summed E-state index contributed by atoms with van der Waals surface area (Å²) in [6.07, 6.45) is 0. The molecular formula is C6H4Cl2N2O4S. The Morgan fingerprint density at radius 2 is 2.00 bits per heavy atom. The summed E-state index contributed by atoms with van der Waals surface area (Å²) in [7, 11) is 0.818. The fourth-order valence-electron chi connectivity index (χ4n) is 0.873. The minimum absolute atomic E-state index is 0.124. The normalized spacial score (nSPS) is 11.1. The van der Waals surface area contributed by atoms with Crippen LogP contribution in [0.4, 0.5) is 11.4 Å². The molecular weight excluding hydrogens is 267 g/mol. The van der Waals surface area contributed by atoms with Crippen molar-refractivity contribution in [3.8, 4) is 0 Å². The second-order valence-corrected chi connectivity index (χ2v) is 5.19. The lowest BCUT2D eigenvalue weighted by molar-refractivity contribution is -0.383. The van der Waals surface area contributed by atoms with E-state index in [4.69, 9.17) is 22.3 Å². The molecule has 1 N–H and O–H groups in total. The van der Waals surface area contributed by atoms with Crippen LogP contribution in [0.15, 0.2) is 18.2 Å². The Bertz CT molecular complexity index is 502. The van der Waals surface area contributed by atoms with E-state index in [1.165, 1.54) is 6.07 Å². The van der Waals surface area contributed by atoms with Crippen LogP contribution in [0.1, 0.15) is 0 Å². The highest BCUT2D eigenvalue weighted by Crippen LogP contribution is 2.28. The molecule has 15 heavy (non-hydrogen) atoms. The number of halogens is 2. The highest BCUT2D eigenvalue weighted by atomic mass is 35.7. The SMILES string of the molecule is O=[N+]([O-])c1cc(Cl)ccc1NS(=O)(=O)Cl. The van der Waals surface area contributed by atoms with Gasteiger partial charge in [-0.1, -0.05) is 11.6 Å². The van der Waals surface area contributed by atoms with E-state index in [-0.39, 0.29) is 10.7 Å². The maximum Gasteiger partial charge on any atom is 0.319 e. The van der Waals surface area contributed by atoms with Gasteiger partial charge >= 0.3 is 9.24 Å². The topological polar surface area (TPSA) is 89.3 Å². The molecule has 0 radical (unpaired) electrons. The molecule has 0 aliphatic rings. The van der Waals surface area contributed by atoms with Crippen LogP contribution in [0.25, 0.3) is 0 Å². The van der Waals surface area contributed by atoms with E-state index < -0.39 is 19.8 Å². The quantitative estimate of drug-likeness (QED) is 0.518. The first-order chi connectivity index (χ1) is 6.79. The molecule has 0 amide bonds. The molecule has 0 aliphatic carbocycles. The molecule has 0 spiro atoms. The van der Waals surface area contributed by atoms with E-state index in [9.17, 15) is 18.5 Å². The van der Waals surface area contributed by atoms with Crippen molar-refractivity contribution in [2.24, 2.45) is 0 Å². The van der Waals surface area contributed by atoms with Crippen molar-refractivity contribution in [3.63, 3.8) is 0 Å². The summed E-state index contributed by atoms with van der Waals surface area (Å²) in [5.74, 6) is 0. The third-order valence-electron chi connectivity index (χ3n) is 1.39. The first-order valence-corrected chi connectivity index (χ1v) is 6.14. The van der Waals surface area contributed by atoms with Crippen molar-refractivity contribution < 1.29 is 13.3 Å². The van der Waals surface area contributed by atoms with Gasteiger partial charge in [-0.2, -0.15) is 8.42 Å². The summed E-state index contributed by atoms with van der Waals surface area (Å²) in [5.41, 5.74) is -0.703. The first kappa shape index (κ1) is 12.0. The van der Waals surface area contributed by atoms with Gasteiger partial charge in [0.15, 0.2) is 0 Å². The maximum atomic E-state index is 10.7. The molecule has 6 nitrogen and oxygen atoms in total. The van der Waals surface area contributed by atoms with E-state index in [0.29, 0.717) is 0 Å². The van der Waals surface area contributed by atoms with Gasteiger partial charge in [-0.25, -0.2) is 0 Å². The number of benzene rings is 1. The minimum atomic E-state index is -4.07. The number of hydrogen-bond donors (Lipinski definition) is 1. The molecule has 0 aliphatic heterocycles. The molecule has 82 valence electrons. The van der Waals surface area contributed by atoms with E-state index in [1.807, 2.05) is 0 Å². The van der Waals surface area contributed by atoms with Crippen LogP contribution in [-0.4, -0.2) is 13.3 Å². The van der Waals surface area contributed by atoms with Gasteiger partial charge in [0.05, 0.1) is 4.92 Å². The summed E-state index contributed by atoms with van der Waals surface area (Å²) >= 11 is 5.52. The highest BCUT2D eigenvalue weighted by molar-refractivity contribution is 8.14. The molecule has 0 fully saturated rings. The Labute approximate surface area is 94.5 Å². The van der Waals surface area contributed by atoms with Gasteiger partial charge in [-0.3, -0.25) is 14.8 Å². The zero-order valence-electron chi connectivity index (χ0n) is 6.98. The molecule has 0 unspecified atom stereocenters. The zero-order chi connectivity index (χ0) is 11.6. The largest absolute Gasteiger partial charge is 0.319 e. The second kappa shape index (κ2) is 4.21. The van der Waals surface area contributed by atoms with Gasteiger partial charge in [-0.05, 0) is 12.1 Å². The number of rotatable bonds is 3. The van der Waals surface area contributed by atoms with Gasteiger partial charge in [0.1, 0.15) is 5.69 Å². The lowest BCUT2D eigenvalue weighted by atomic mass is 10.3. The number of nitro benzene ring substituents is 1. The summed E-state index contributed by atoms with van der Waals surface area (Å²) in [6.45, 7) is 0. The summed E-state index contributed by atoms with van der Waals surface area (Å²) < 4.78 is 23.1. The molecule has 1 aromatic rings. The fourth-order valence-corrected chi connectivity index (χ4v) is 1.72. The summed E-state index contributed by atoms with van der Waals surface area (Å²) in [5, 5.41) is 10.7. The van der Waals surface area contributed by atoms with Crippen molar-refractivity contribution in [3.05, 3.63) is 33.3 Å². The van der Waals surface area contributed by atoms with Crippen LogP contribution < -0.4 is 4.72 Å². The van der Waals surface area contributed by atoms with Crippen molar-refractivity contribution in [1.29, 1.82) is 0 Å². The average molecular weight is 271 g/mol. The number of nitro groups is 1. The third kappa shape index (κ3) is 3.54. The monoisotopic (exact) mass is 270 g/mol. The van der Waals surface area contributed by atoms with E-state index >= 15 is 0 Å². The minimum Gasteiger partial charge on any atom is -0.264 e. The second-order valence-electron chi connectivity index (χ2n) is 2.46. The summed E-state index contributed by atoms with van der Waals surface area (Å²) in [6, 6.07) is 3.48. The van der Waals surface area contributed by atoms with Crippen molar-refractivity contribution in [2.75, 3.05) is 4.72 Å². The Morgan fingerprint density at radius 3 is 2.47 bits per heavy atom. The van der Waals surface area contributed by atoms with Gasteiger partial charge in [0.2, 0.25) is 0 Å². The molecule has 0 saturated carbocycles. The Hall–Kier alpha value is -1.05. The standard InChI is InChI=1S/C6H4Cl2N2O4S/c7-4-1-2-5(9-15(8,13)14)6(3-4)10(11)12/h1-3,9H. The molecule has 0 aromatic heterocycles. The lowest BCUT2D eigenvalue weighted by Crippen LogP contribution is -2.06. The van der Waals surface area contributed by atoms with E-state index in [0.717, 1.165) is 12.1 Å². The summed E-state index contributed by atoms with van der Waals surface area (Å²) in [4.78, 5) is 9.76. The van der Waals surface area contributed by atoms with E-state index in [2.05, 4.69) is 0 Å². The van der Waals surface area contributed by atoms with Gasteiger partial charge in [0.25, 0.3) is 5.69 Å². The Kier molecular flexibility index (Phi) is 3.38. The number of anilines is 1. The number of hydrogen-bond acceptors (Lipinski definition) is 4. The predicted octanol–water partition coefficient (Wildman–Crippen LogP) is 2.14. The zero-order valence-corrected chi connectivity index (χ0v) is 9.30. The Balaban J connectivity index is 3.24. The Morgan fingerprint density at radius 1 is 1.40 bits per heavy atom. The predicted molar refractivity (Wildman–Crippen MR) is 56.5 cm³/mol. The average Bonchev–Trinajstić information content (AvgIpc) is 2.05. The molecule has 0 atom stereocenters. The molecule has 1 aromatic carbocycles. The number of nitrogens with one attached hydrogen (secondary N) is 1. The smallest absolute Gasteiger partial charge is 0.264 e. The van der Waals surface area contributed by atoms with Crippen molar-refractivity contribution in [2.45, 2.75) is 0 Å². The van der Waals surface area contributed by atoms with E-state index in [1.54, 1.807) is 4.72 Å².